The van der Waals surface area contributed by atoms with Crippen LogP contribution in [0.2, 0.25) is 5.02 Å². The summed E-state index contributed by atoms with van der Waals surface area (Å²) in [6.07, 6.45) is 0. The number of nitrogens with zero attached hydrogens (tertiary/aromatic N) is 3. The van der Waals surface area contributed by atoms with Gasteiger partial charge in [-0.25, -0.2) is 9.18 Å². The van der Waals surface area contributed by atoms with Gasteiger partial charge < -0.3 is 15.1 Å². The number of hydrogen-bond donors (Lipinski definition) is 1. The number of urea groups is 1. The Labute approximate surface area is 174 Å². The van der Waals surface area contributed by atoms with Gasteiger partial charge in [0.25, 0.3) is 0 Å². The third kappa shape index (κ3) is 3.96. The summed E-state index contributed by atoms with van der Waals surface area (Å²) in [4.78, 5) is 32.3. The van der Waals surface area contributed by atoms with Crippen LogP contribution in [0.25, 0.3) is 0 Å². The number of aliphatic imine (C=N–C) groups is 1. The first-order valence-corrected chi connectivity index (χ1v) is 9.71. The Hall–Kier alpha value is -2.93. The molecular formula is C21H22ClFN4O2. The van der Waals surface area contributed by atoms with E-state index < -0.39 is 5.82 Å². The standard InChI is InChI=1S/C21H22ClFN4O2/c1-4-27(5-2)21(29)25-15-10-11-16-18(19(15)22)20(24-12-17(28)26(16)3)13-8-6-7-9-14(13)23/h6-11H,4-5,12H2,1-3H3,(H,25,29). The van der Waals surface area contributed by atoms with Gasteiger partial charge in [0.15, 0.2) is 0 Å². The SMILES string of the molecule is CCN(CC)C(=O)Nc1ccc2c(c1Cl)C(c1ccccc1F)=NCC(=O)N2C. The Morgan fingerprint density at radius 1 is 1.24 bits per heavy atom. The first kappa shape index (κ1) is 20.8. The van der Waals surface area contributed by atoms with Gasteiger partial charge in [0, 0.05) is 31.3 Å². The second kappa shape index (κ2) is 8.61. The van der Waals surface area contributed by atoms with E-state index in [4.69, 9.17) is 11.6 Å². The maximum Gasteiger partial charge on any atom is 0.321 e. The minimum absolute atomic E-state index is 0.133. The Bertz CT molecular complexity index is 989. The fraction of sp³-hybridized carbons (Fsp3) is 0.286. The minimum atomic E-state index is -0.470. The molecule has 0 saturated heterocycles. The summed E-state index contributed by atoms with van der Waals surface area (Å²) in [6, 6.07) is 9.21. The van der Waals surface area contributed by atoms with Gasteiger partial charge in [0.2, 0.25) is 5.91 Å². The van der Waals surface area contributed by atoms with Gasteiger partial charge >= 0.3 is 6.03 Å². The predicted octanol–water partition coefficient (Wildman–Crippen LogP) is 4.17. The van der Waals surface area contributed by atoms with E-state index in [-0.39, 0.29) is 34.8 Å². The number of rotatable bonds is 4. The molecule has 0 radical (unpaired) electrons. The van der Waals surface area contributed by atoms with Crippen LogP contribution in [0.3, 0.4) is 0 Å². The zero-order valence-electron chi connectivity index (χ0n) is 16.5. The molecule has 29 heavy (non-hydrogen) atoms. The number of benzodiazepines with no additional fused rings is 1. The summed E-state index contributed by atoms with van der Waals surface area (Å²) < 4.78 is 14.5. The van der Waals surface area contributed by atoms with E-state index in [1.165, 1.54) is 11.0 Å². The van der Waals surface area contributed by atoms with Crippen molar-refractivity contribution in [1.82, 2.24) is 4.90 Å². The highest BCUT2D eigenvalue weighted by molar-refractivity contribution is 6.40. The Balaban J connectivity index is 2.16. The molecule has 1 aliphatic rings. The van der Waals surface area contributed by atoms with Gasteiger partial charge in [-0.1, -0.05) is 23.7 Å². The first-order valence-electron chi connectivity index (χ1n) is 9.33. The summed E-state index contributed by atoms with van der Waals surface area (Å²) in [6.45, 7) is 4.72. The van der Waals surface area contributed by atoms with Gasteiger partial charge in [-0.15, -0.1) is 0 Å². The van der Waals surface area contributed by atoms with E-state index in [1.807, 2.05) is 13.8 Å². The predicted molar refractivity (Wildman–Crippen MR) is 114 cm³/mol. The summed E-state index contributed by atoms with van der Waals surface area (Å²) in [7, 11) is 1.62. The highest BCUT2D eigenvalue weighted by Gasteiger charge is 2.28. The van der Waals surface area contributed by atoms with Crippen molar-refractivity contribution in [3.63, 3.8) is 0 Å². The molecule has 0 unspecified atom stereocenters. The lowest BCUT2D eigenvalue weighted by atomic mass is 9.99. The van der Waals surface area contributed by atoms with Gasteiger partial charge in [0.05, 0.1) is 22.1 Å². The van der Waals surface area contributed by atoms with Crippen LogP contribution < -0.4 is 10.2 Å². The molecule has 152 valence electrons. The third-order valence-electron chi connectivity index (χ3n) is 4.89. The number of halogens is 2. The Morgan fingerprint density at radius 2 is 1.93 bits per heavy atom. The number of carbonyl (C=O) groups is 2. The van der Waals surface area contributed by atoms with Crippen LogP contribution in [-0.2, 0) is 4.79 Å². The van der Waals surface area contributed by atoms with Crippen molar-refractivity contribution in [3.05, 3.63) is 58.4 Å². The van der Waals surface area contributed by atoms with Crippen LogP contribution in [0, 0.1) is 5.82 Å². The first-order chi connectivity index (χ1) is 13.9. The van der Waals surface area contributed by atoms with E-state index in [2.05, 4.69) is 10.3 Å². The van der Waals surface area contributed by atoms with Gasteiger partial charge in [-0.3, -0.25) is 9.79 Å². The lowest BCUT2D eigenvalue weighted by Gasteiger charge is -2.23. The third-order valence-corrected chi connectivity index (χ3v) is 5.28. The number of carbonyl (C=O) groups excluding carboxylic acids is 2. The molecule has 3 rings (SSSR count). The van der Waals surface area contributed by atoms with Crippen molar-refractivity contribution in [2.24, 2.45) is 4.99 Å². The molecule has 0 spiro atoms. The summed E-state index contributed by atoms with van der Waals surface area (Å²) in [5.74, 6) is -0.712. The van der Waals surface area contributed by atoms with Crippen molar-refractivity contribution in [2.45, 2.75) is 13.8 Å². The van der Waals surface area contributed by atoms with Gasteiger partial charge in [-0.05, 0) is 38.1 Å². The molecule has 0 fully saturated rings. The number of benzene rings is 2. The quantitative estimate of drug-likeness (QED) is 0.813. The highest BCUT2D eigenvalue weighted by atomic mass is 35.5. The van der Waals surface area contributed by atoms with Gasteiger partial charge in [0.1, 0.15) is 12.4 Å². The summed E-state index contributed by atoms with van der Waals surface area (Å²) in [5.41, 5.74) is 1.79. The zero-order valence-corrected chi connectivity index (χ0v) is 17.3. The molecule has 8 heteroatoms. The Morgan fingerprint density at radius 3 is 2.59 bits per heavy atom. The van der Waals surface area contributed by atoms with Crippen LogP contribution in [0.1, 0.15) is 25.0 Å². The van der Waals surface area contributed by atoms with Crippen LogP contribution in [0.5, 0.6) is 0 Å². The van der Waals surface area contributed by atoms with Crippen molar-refractivity contribution in [3.8, 4) is 0 Å². The number of amides is 3. The zero-order chi connectivity index (χ0) is 21.1. The number of fused-ring (bicyclic) bond motifs is 1. The largest absolute Gasteiger partial charge is 0.325 e. The monoisotopic (exact) mass is 416 g/mol. The average molecular weight is 417 g/mol. The van der Waals surface area contributed by atoms with E-state index in [0.717, 1.165) is 0 Å². The topological polar surface area (TPSA) is 65.0 Å². The molecule has 1 aliphatic heterocycles. The normalized spacial score (nSPS) is 13.5. The molecule has 0 atom stereocenters. The number of anilines is 2. The lowest BCUT2D eigenvalue weighted by Crippen LogP contribution is -2.34. The molecule has 0 aliphatic carbocycles. The number of nitrogens with one attached hydrogen (secondary N) is 1. The molecule has 6 nitrogen and oxygen atoms in total. The van der Waals surface area contributed by atoms with E-state index in [1.54, 1.807) is 42.3 Å². The molecule has 3 amide bonds. The molecule has 0 saturated carbocycles. The molecule has 0 bridgehead atoms. The lowest BCUT2D eigenvalue weighted by molar-refractivity contribution is -0.116. The summed E-state index contributed by atoms with van der Waals surface area (Å²) >= 11 is 6.67. The van der Waals surface area contributed by atoms with Crippen LogP contribution in [0.4, 0.5) is 20.6 Å². The fourth-order valence-electron chi connectivity index (χ4n) is 3.21. The van der Waals surface area contributed by atoms with Crippen LogP contribution in [-0.4, -0.2) is 49.2 Å². The molecule has 1 N–H and O–H groups in total. The molecule has 1 heterocycles. The number of hydrogen-bond acceptors (Lipinski definition) is 3. The Kier molecular flexibility index (Phi) is 6.17. The van der Waals surface area contributed by atoms with Crippen molar-refractivity contribution < 1.29 is 14.0 Å². The van der Waals surface area contributed by atoms with Gasteiger partial charge in [-0.2, -0.15) is 0 Å². The maximum absolute atomic E-state index is 14.5. The highest BCUT2D eigenvalue weighted by Crippen LogP contribution is 2.37. The fourth-order valence-corrected chi connectivity index (χ4v) is 3.51. The van der Waals surface area contributed by atoms with E-state index in [0.29, 0.717) is 30.0 Å². The smallest absolute Gasteiger partial charge is 0.321 e. The van der Waals surface area contributed by atoms with Crippen LogP contribution >= 0.6 is 11.6 Å². The molecule has 0 aromatic heterocycles. The molecule has 2 aromatic carbocycles. The second-order valence-corrected chi connectivity index (χ2v) is 6.90. The number of likely N-dealkylation sites (N-methyl/N-ethyl adjacent to an activating group) is 1. The van der Waals surface area contributed by atoms with Crippen molar-refractivity contribution in [1.29, 1.82) is 0 Å². The molecular weight excluding hydrogens is 395 g/mol. The summed E-state index contributed by atoms with van der Waals surface area (Å²) in [5, 5.41) is 3.00. The van der Waals surface area contributed by atoms with Crippen molar-refractivity contribution in [2.75, 3.05) is 36.9 Å². The second-order valence-electron chi connectivity index (χ2n) is 6.52. The molecule has 2 aromatic rings. The maximum atomic E-state index is 14.5. The van der Waals surface area contributed by atoms with Crippen molar-refractivity contribution >= 4 is 40.6 Å². The van der Waals surface area contributed by atoms with E-state index >= 15 is 0 Å². The minimum Gasteiger partial charge on any atom is -0.325 e. The van der Waals surface area contributed by atoms with Crippen LogP contribution in [0.15, 0.2) is 41.4 Å². The van der Waals surface area contributed by atoms with E-state index in [9.17, 15) is 14.0 Å². The average Bonchev–Trinajstić information content (AvgIpc) is 2.83.